The van der Waals surface area contributed by atoms with Crippen molar-refractivity contribution < 1.29 is 13.7 Å². The maximum Gasteiger partial charge on any atom is 0.319 e. The zero-order valence-corrected chi connectivity index (χ0v) is 14.3. The standard InChI is InChI=1S/C15H19FN6O2.ClH/c16-10-1-3-11(4-2-10)18-15(23)19-12-5-6-22(8-12)9-13-20-14(7-17)24-21-13;/h1-4,12H,5-9,17H2,(H2,18,19,23);1H. The monoisotopic (exact) mass is 370 g/mol. The molecule has 1 aromatic carbocycles. The lowest BCUT2D eigenvalue weighted by atomic mass is 10.3. The van der Waals surface area contributed by atoms with Crippen molar-refractivity contribution in [3.63, 3.8) is 0 Å². The van der Waals surface area contributed by atoms with Crippen molar-refractivity contribution in [2.45, 2.75) is 25.6 Å². The predicted molar refractivity (Wildman–Crippen MR) is 91.7 cm³/mol. The van der Waals surface area contributed by atoms with E-state index in [0.717, 1.165) is 13.0 Å². The van der Waals surface area contributed by atoms with E-state index in [1.807, 2.05) is 0 Å². The molecule has 2 heterocycles. The van der Waals surface area contributed by atoms with Gasteiger partial charge in [-0.1, -0.05) is 5.16 Å². The summed E-state index contributed by atoms with van der Waals surface area (Å²) in [6.45, 7) is 2.30. The second-order valence-corrected chi connectivity index (χ2v) is 5.63. The number of aromatic nitrogens is 2. The van der Waals surface area contributed by atoms with Crippen LogP contribution >= 0.6 is 12.4 Å². The van der Waals surface area contributed by atoms with E-state index < -0.39 is 0 Å². The number of hydrogen-bond donors (Lipinski definition) is 3. The molecule has 0 saturated carbocycles. The number of amides is 2. The second-order valence-electron chi connectivity index (χ2n) is 5.63. The first-order chi connectivity index (χ1) is 11.6. The van der Waals surface area contributed by atoms with Crippen molar-refractivity contribution in [3.8, 4) is 0 Å². The van der Waals surface area contributed by atoms with Gasteiger partial charge >= 0.3 is 6.03 Å². The molecule has 3 rings (SSSR count). The highest BCUT2D eigenvalue weighted by Crippen LogP contribution is 2.13. The molecule has 1 fully saturated rings. The number of urea groups is 1. The Balaban J connectivity index is 0.00000225. The van der Waals surface area contributed by atoms with Gasteiger partial charge in [-0.15, -0.1) is 12.4 Å². The lowest BCUT2D eigenvalue weighted by molar-refractivity contribution is 0.247. The molecule has 0 aliphatic carbocycles. The molecular weight excluding hydrogens is 351 g/mol. The molecule has 1 atom stereocenters. The zero-order chi connectivity index (χ0) is 16.9. The fraction of sp³-hybridized carbons (Fsp3) is 0.400. The smallest absolute Gasteiger partial charge is 0.319 e. The number of carbonyl (C=O) groups is 1. The third-order valence-electron chi connectivity index (χ3n) is 3.76. The Hall–Kier alpha value is -2.23. The van der Waals surface area contributed by atoms with Gasteiger partial charge in [0, 0.05) is 24.8 Å². The van der Waals surface area contributed by atoms with Crippen molar-refractivity contribution in [1.82, 2.24) is 20.4 Å². The molecular formula is C15H20ClFN6O2. The summed E-state index contributed by atoms with van der Waals surface area (Å²) in [7, 11) is 0. The van der Waals surface area contributed by atoms with E-state index in [1.54, 1.807) is 0 Å². The summed E-state index contributed by atoms with van der Waals surface area (Å²) in [5, 5.41) is 9.45. The number of benzene rings is 1. The Morgan fingerprint density at radius 1 is 1.40 bits per heavy atom. The first-order valence-corrected chi connectivity index (χ1v) is 7.69. The molecule has 8 nitrogen and oxygen atoms in total. The average Bonchev–Trinajstić information content (AvgIpc) is 3.19. The highest BCUT2D eigenvalue weighted by atomic mass is 35.5. The largest absolute Gasteiger partial charge is 0.338 e. The van der Waals surface area contributed by atoms with Crippen molar-refractivity contribution in [2.75, 3.05) is 18.4 Å². The Labute approximate surface area is 150 Å². The van der Waals surface area contributed by atoms with Gasteiger partial charge in [0.1, 0.15) is 5.82 Å². The van der Waals surface area contributed by atoms with E-state index >= 15 is 0 Å². The van der Waals surface area contributed by atoms with Crippen LogP contribution in [0.15, 0.2) is 28.8 Å². The lowest BCUT2D eigenvalue weighted by Crippen LogP contribution is -2.39. The van der Waals surface area contributed by atoms with Crippen LogP contribution in [0.4, 0.5) is 14.9 Å². The molecule has 1 aliphatic heterocycles. The minimum Gasteiger partial charge on any atom is -0.338 e. The minimum absolute atomic E-state index is 0. The molecule has 25 heavy (non-hydrogen) atoms. The van der Waals surface area contributed by atoms with E-state index in [9.17, 15) is 9.18 Å². The summed E-state index contributed by atoms with van der Waals surface area (Å²) in [5.74, 6) is 0.663. The van der Waals surface area contributed by atoms with Crippen LogP contribution in [-0.4, -0.2) is 40.2 Å². The summed E-state index contributed by atoms with van der Waals surface area (Å²) in [4.78, 5) is 18.3. The predicted octanol–water partition coefficient (Wildman–Crippen LogP) is 1.49. The van der Waals surface area contributed by atoms with Gasteiger partial charge in [0.25, 0.3) is 0 Å². The van der Waals surface area contributed by atoms with Crippen molar-refractivity contribution in [1.29, 1.82) is 0 Å². The molecule has 1 unspecified atom stereocenters. The Morgan fingerprint density at radius 2 is 2.16 bits per heavy atom. The van der Waals surface area contributed by atoms with Crippen molar-refractivity contribution in [2.24, 2.45) is 5.73 Å². The SMILES string of the molecule is Cl.NCc1nc(CN2CCC(NC(=O)Nc3ccc(F)cc3)C2)no1. The summed E-state index contributed by atoms with van der Waals surface area (Å²) in [5.41, 5.74) is 5.98. The summed E-state index contributed by atoms with van der Waals surface area (Å²) < 4.78 is 17.8. The number of rotatable bonds is 5. The number of nitrogens with one attached hydrogen (secondary N) is 2. The normalized spacial score (nSPS) is 17.1. The van der Waals surface area contributed by atoms with Crippen LogP contribution in [0, 0.1) is 5.82 Å². The van der Waals surface area contributed by atoms with Gasteiger partial charge in [-0.25, -0.2) is 9.18 Å². The van der Waals surface area contributed by atoms with E-state index in [4.69, 9.17) is 10.3 Å². The molecule has 2 amide bonds. The lowest BCUT2D eigenvalue weighted by Gasteiger charge is -2.15. The Bertz CT molecular complexity index is 696. The van der Waals surface area contributed by atoms with E-state index in [0.29, 0.717) is 30.5 Å². The van der Waals surface area contributed by atoms with Crippen LogP contribution in [0.1, 0.15) is 18.1 Å². The fourth-order valence-electron chi connectivity index (χ4n) is 2.62. The number of halogens is 2. The number of nitrogens with two attached hydrogens (primary N) is 1. The highest BCUT2D eigenvalue weighted by molar-refractivity contribution is 5.89. The topological polar surface area (TPSA) is 109 Å². The van der Waals surface area contributed by atoms with Crippen LogP contribution in [0.3, 0.4) is 0 Å². The van der Waals surface area contributed by atoms with E-state index in [-0.39, 0.29) is 36.8 Å². The van der Waals surface area contributed by atoms with Crippen molar-refractivity contribution >= 4 is 24.1 Å². The Morgan fingerprint density at radius 3 is 2.84 bits per heavy atom. The minimum atomic E-state index is -0.341. The molecule has 4 N–H and O–H groups in total. The molecule has 2 aromatic rings. The number of hydrogen-bond acceptors (Lipinski definition) is 6. The van der Waals surface area contributed by atoms with Gasteiger partial charge < -0.3 is 20.9 Å². The third-order valence-corrected chi connectivity index (χ3v) is 3.76. The van der Waals surface area contributed by atoms with Gasteiger partial charge in [0.15, 0.2) is 5.82 Å². The molecule has 0 spiro atoms. The zero-order valence-electron chi connectivity index (χ0n) is 13.4. The second kappa shape index (κ2) is 8.75. The Kier molecular flexibility index (Phi) is 6.68. The van der Waals surface area contributed by atoms with Crippen LogP contribution in [-0.2, 0) is 13.1 Å². The van der Waals surface area contributed by atoms with Crippen LogP contribution in [0.5, 0.6) is 0 Å². The van der Waals surface area contributed by atoms with Gasteiger partial charge in [0.2, 0.25) is 5.89 Å². The van der Waals surface area contributed by atoms with Gasteiger partial charge in [0.05, 0.1) is 13.1 Å². The summed E-state index contributed by atoms with van der Waals surface area (Å²) >= 11 is 0. The first kappa shape index (κ1) is 19.1. The average molecular weight is 371 g/mol. The van der Waals surface area contributed by atoms with Crippen molar-refractivity contribution in [3.05, 3.63) is 41.8 Å². The maximum atomic E-state index is 12.8. The molecule has 10 heteroatoms. The maximum absolute atomic E-state index is 12.8. The molecule has 0 bridgehead atoms. The van der Waals surface area contributed by atoms with Gasteiger partial charge in [-0.05, 0) is 30.7 Å². The third kappa shape index (κ3) is 5.38. The summed E-state index contributed by atoms with van der Waals surface area (Å²) in [6.07, 6.45) is 0.832. The van der Waals surface area contributed by atoms with Gasteiger partial charge in [-0.3, -0.25) is 4.90 Å². The van der Waals surface area contributed by atoms with E-state index in [2.05, 4.69) is 25.7 Å². The molecule has 1 aromatic heterocycles. The van der Waals surface area contributed by atoms with Gasteiger partial charge in [-0.2, -0.15) is 4.98 Å². The molecule has 0 radical (unpaired) electrons. The number of carbonyl (C=O) groups excluding carboxylic acids is 1. The van der Waals surface area contributed by atoms with Crippen LogP contribution in [0.25, 0.3) is 0 Å². The number of nitrogens with zero attached hydrogens (tertiary/aromatic N) is 3. The quantitative estimate of drug-likeness (QED) is 0.735. The van der Waals surface area contributed by atoms with Crippen LogP contribution in [0.2, 0.25) is 0 Å². The summed E-state index contributed by atoms with van der Waals surface area (Å²) in [6, 6.07) is 5.35. The number of likely N-dealkylation sites (tertiary alicyclic amines) is 1. The molecule has 1 aliphatic rings. The van der Waals surface area contributed by atoms with Crippen LogP contribution < -0.4 is 16.4 Å². The first-order valence-electron chi connectivity index (χ1n) is 7.69. The van der Waals surface area contributed by atoms with E-state index in [1.165, 1.54) is 24.3 Å². The fourth-order valence-corrected chi connectivity index (χ4v) is 2.62. The number of anilines is 1. The molecule has 1 saturated heterocycles. The highest BCUT2D eigenvalue weighted by Gasteiger charge is 2.25. The molecule has 136 valence electrons.